The Bertz CT molecular complexity index is 273. The smallest absolute Gasteiger partial charge is 0.221 e. The number of anilines is 1. The Labute approximate surface area is 70.2 Å². The third-order valence-corrected chi connectivity index (χ3v) is 1.43. The van der Waals surface area contributed by atoms with Crippen LogP contribution < -0.4 is 5.32 Å². The van der Waals surface area contributed by atoms with Crippen molar-refractivity contribution >= 4 is 23.2 Å². The minimum atomic E-state index is -0.133. The Balaban J connectivity index is 2.86. The van der Waals surface area contributed by atoms with Crippen molar-refractivity contribution in [3.8, 4) is 0 Å². The summed E-state index contributed by atoms with van der Waals surface area (Å²) in [7, 11) is 0. The first-order chi connectivity index (χ1) is 5.20. The predicted molar refractivity (Wildman–Crippen MR) is 44.6 cm³/mol. The number of carbonyl (C=O) groups is 1. The van der Waals surface area contributed by atoms with Crippen molar-refractivity contribution in [2.45, 2.75) is 6.92 Å². The van der Waals surface area contributed by atoms with Crippen molar-refractivity contribution in [2.75, 3.05) is 5.32 Å². The number of halogens is 1. The first-order valence-electron chi connectivity index (χ1n) is 3.14. The van der Waals surface area contributed by atoms with Crippen LogP contribution in [0.3, 0.4) is 0 Å². The number of rotatable bonds is 1. The summed E-state index contributed by atoms with van der Waals surface area (Å²) in [5.74, 6) is -0.133. The highest BCUT2D eigenvalue weighted by molar-refractivity contribution is 6.33. The van der Waals surface area contributed by atoms with Gasteiger partial charge in [-0.25, -0.2) is 0 Å². The van der Waals surface area contributed by atoms with E-state index < -0.39 is 0 Å². The van der Waals surface area contributed by atoms with Gasteiger partial charge in [0.1, 0.15) is 0 Å². The van der Waals surface area contributed by atoms with E-state index in [1.165, 1.54) is 6.92 Å². The maximum atomic E-state index is 10.6. The van der Waals surface area contributed by atoms with E-state index in [-0.39, 0.29) is 5.91 Å². The summed E-state index contributed by atoms with van der Waals surface area (Å²) in [5.41, 5.74) is 0.599. The summed E-state index contributed by atoms with van der Waals surface area (Å²) in [4.78, 5) is 10.6. The fourth-order valence-electron chi connectivity index (χ4n) is 0.703. The first-order valence-corrected chi connectivity index (χ1v) is 3.52. The maximum Gasteiger partial charge on any atom is 0.221 e. The van der Waals surface area contributed by atoms with Crippen LogP contribution in [0.15, 0.2) is 18.2 Å². The molecule has 0 aromatic heterocycles. The molecule has 1 N–H and O–H groups in total. The van der Waals surface area contributed by atoms with Crippen molar-refractivity contribution < 1.29 is 4.79 Å². The molecule has 1 aromatic rings. The quantitative estimate of drug-likeness (QED) is 0.684. The monoisotopic (exact) mass is 168 g/mol. The van der Waals surface area contributed by atoms with Crippen LogP contribution in [-0.4, -0.2) is 5.91 Å². The van der Waals surface area contributed by atoms with Gasteiger partial charge in [0.05, 0.1) is 10.7 Å². The van der Waals surface area contributed by atoms with Crippen LogP contribution in [0.4, 0.5) is 5.69 Å². The summed E-state index contributed by atoms with van der Waals surface area (Å²) in [6.07, 6.45) is 0. The van der Waals surface area contributed by atoms with Crippen LogP contribution in [-0.2, 0) is 4.79 Å². The molecule has 0 fully saturated rings. The molecule has 0 atom stereocenters. The molecule has 0 saturated carbocycles. The van der Waals surface area contributed by atoms with Gasteiger partial charge in [-0.05, 0) is 6.07 Å². The minimum Gasteiger partial charge on any atom is -0.325 e. The van der Waals surface area contributed by atoms with Crippen molar-refractivity contribution in [2.24, 2.45) is 0 Å². The zero-order valence-electron chi connectivity index (χ0n) is 6.02. The van der Waals surface area contributed by atoms with Crippen molar-refractivity contribution in [3.05, 3.63) is 29.3 Å². The normalized spacial score (nSPS) is 9.27. The maximum absolute atomic E-state index is 10.6. The van der Waals surface area contributed by atoms with Crippen LogP contribution in [0.5, 0.6) is 0 Å². The molecular formula is C8H7ClNO. The summed E-state index contributed by atoms with van der Waals surface area (Å²) in [6, 6.07) is 7.93. The van der Waals surface area contributed by atoms with E-state index >= 15 is 0 Å². The highest BCUT2D eigenvalue weighted by Crippen LogP contribution is 2.19. The van der Waals surface area contributed by atoms with E-state index in [1.807, 2.05) is 0 Å². The van der Waals surface area contributed by atoms with Gasteiger partial charge in [-0.2, -0.15) is 0 Å². The van der Waals surface area contributed by atoms with Gasteiger partial charge in [0.25, 0.3) is 0 Å². The Morgan fingerprint density at radius 2 is 2.45 bits per heavy atom. The van der Waals surface area contributed by atoms with Crippen LogP contribution in [0.25, 0.3) is 0 Å². The lowest BCUT2D eigenvalue weighted by Crippen LogP contribution is -2.05. The van der Waals surface area contributed by atoms with E-state index in [0.717, 1.165) is 0 Å². The van der Waals surface area contributed by atoms with Gasteiger partial charge >= 0.3 is 0 Å². The highest BCUT2D eigenvalue weighted by atomic mass is 35.5. The lowest BCUT2D eigenvalue weighted by Gasteiger charge is -2.01. The molecule has 1 aromatic carbocycles. The SMILES string of the molecule is CC(=O)Nc1ccc[c]c1Cl. The Morgan fingerprint density at radius 3 is 3.00 bits per heavy atom. The molecule has 2 nitrogen and oxygen atoms in total. The summed E-state index contributed by atoms with van der Waals surface area (Å²) < 4.78 is 0. The molecule has 1 amide bonds. The second kappa shape index (κ2) is 3.39. The number of benzene rings is 1. The molecule has 0 aliphatic carbocycles. The van der Waals surface area contributed by atoms with E-state index in [1.54, 1.807) is 18.2 Å². The molecule has 0 saturated heterocycles. The molecule has 1 rings (SSSR count). The molecule has 0 bridgehead atoms. The van der Waals surface area contributed by atoms with E-state index in [9.17, 15) is 4.79 Å². The second-order valence-electron chi connectivity index (χ2n) is 2.08. The molecule has 3 heteroatoms. The standard InChI is InChI=1S/C8H7ClNO/c1-6(11)10-8-5-3-2-4-7(8)9/h2-3,5H,1H3,(H,10,11). The van der Waals surface area contributed by atoms with Gasteiger partial charge in [0.15, 0.2) is 0 Å². The van der Waals surface area contributed by atoms with Crippen LogP contribution in [0.2, 0.25) is 5.02 Å². The van der Waals surface area contributed by atoms with Crippen LogP contribution >= 0.6 is 11.6 Å². The zero-order valence-corrected chi connectivity index (χ0v) is 6.77. The Morgan fingerprint density at radius 1 is 1.73 bits per heavy atom. The van der Waals surface area contributed by atoms with Gasteiger partial charge in [-0.15, -0.1) is 0 Å². The average molecular weight is 169 g/mol. The Hall–Kier alpha value is -1.02. The molecule has 11 heavy (non-hydrogen) atoms. The minimum absolute atomic E-state index is 0.133. The van der Waals surface area contributed by atoms with Gasteiger partial charge < -0.3 is 5.32 Å². The molecular weight excluding hydrogens is 162 g/mol. The molecule has 0 aliphatic rings. The van der Waals surface area contributed by atoms with Crippen LogP contribution in [0.1, 0.15) is 6.92 Å². The van der Waals surface area contributed by atoms with E-state index in [4.69, 9.17) is 11.6 Å². The number of nitrogens with one attached hydrogen (secondary N) is 1. The van der Waals surface area contributed by atoms with Gasteiger partial charge in [-0.1, -0.05) is 23.7 Å². The van der Waals surface area contributed by atoms with Crippen LogP contribution in [0, 0.1) is 6.07 Å². The van der Waals surface area contributed by atoms with Crippen molar-refractivity contribution in [1.29, 1.82) is 0 Å². The van der Waals surface area contributed by atoms with E-state index in [2.05, 4.69) is 11.4 Å². The average Bonchev–Trinajstić information content (AvgIpc) is 1.93. The van der Waals surface area contributed by atoms with Crippen molar-refractivity contribution in [1.82, 2.24) is 0 Å². The van der Waals surface area contributed by atoms with Crippen molar-refractivity contribution in [3.63, 3.8) is 0 Å². The lowest BCUT2D eigenvalue weighted by atomic mass is 10.3. The summed E-state index contributed by atoms with van der Waals surface area (Å²) >= 11 is 5.70. The second-order valence-corrected chi connectivity index (χ2v) is 2.46. The predicted octanol–water partition coefficient (Wildman–Crippen LogP) is 2.10. The molecule has 57 valence electrons. The Kier molecular flexibility index (Phi) is 2.49. The number of hydrogen-bond acceptors (Lipinski definition) is 1. The summed E-state index contributed by atoms with van der Waals surface area (Å²) in [6.45, 7) is 1.43. The fraction of sp³-hybridized carbons (Fsp3) is 0.125. The topological polar surface area (TPSA) is 29.1 Å². The van der Waals surface area contributed by atoms with Gasteiger partial charge in [0.2, 0.25) is 5.91 Å². The lowest BCUT2D eigenvalue weighted by molar-refractivity contribution is -0.114. The number of hydrogen-bond donors (Lipinski definition) is 1. The molecule has 0 heterocycles. The molecule has 0 aliphatic heterocycles. The third-order valence-electron chi connectivity index (χ3n) is 1.12. The first kappa shape index (κ1) is 8.08. The van der Waals surface area contributed by atoms with Gasteiger partial charge in [-0.3, -0.25) is 4.79 Å². The molecule has 1 radical (unpaired) electrons. The number of amides is 1. The fourth-order valence-corrected chi connectivity index (χ4v) is 0.876. The third kappa shape index (κ3) is 2.24. The largest absolute Gasteiger partial charge is 0.325 e. The molecule has 0 spiro atoms. The summed E-state index contributed by atoms with van der Waals surface area (Å²) in [5, 5.41) is 3.00. The highest BCUT2D eigenvalue weighted by Gasteiger charge is 1.98. The number of carbonyl (C=O) groups excluding carboxylic acids is 1. The van der Waals surface area contributed by atoms with Gasteiger partial charge in [0, 0.05) is 13.0 Å². The van der Waals surface area contributed by atoms with E-state index in [0.29, 0.717) is 10.7 Å². The zero-order chi connectivity index (χ0) is 8.27. The molecule has 0 unspecified atom stereocenters.